The third-order valence-corrected chi connectivity index (χ3v) is 6.62. The van der Waals surface area contributed by atoms with E-state index in [0.29, 0.717) is 13.2 Å². The summed E-state index contributed by atoms with van der Waals surface area (Å²) in [6.07, 6.45) is 10.7. The maximum atomic E-state index is 12.0. The average molecular weight is 648 g/mol. The molecule has 0 aromatic heterocycles. The summed E-state index contributed by atoms with van der Waals surface area (Å²) in [5, 5.41) is 20.7. The predicted octanol–water partition coefficient (Wildman–Crippen LogP) is 3.13. The number of carbonyl (C=O) groups excluding carboxylic acids is 4. The highest BCUT2D eigenvalue weighted by Crippen LogP contribution is 2.16. The molecular formula is C32H57NO12. The van der Waals surface area contributed by atoms with Gasteiger partial charge in [-0.05, 0) is 18.9 Å². The van der Waals surface area contributed by atoms with E-state index in [4.69, 9.17) is 33.5 Å². The quantitative estimate of drug-likeness (QED) is 0.0490. The molecule has 0 aromatic rings. The highest BCUT2D eigenvalue weighted by Gasteiger charge is 2.28. The van der Waals surface area contributed by atoms with Crippen molar-refractivity contribution in [3.63, 3.8) is 0 Å². The molecule has 4 atom stereocenters. The summed E-state index contributed by atoms with van der Waals surface area (Å²) in [6.45, 7) is 5.75. The topological polar surface area (TPSA) is 176 Å². The van der Waals surface area contributed by atoms with Crippen LogP contribution in [0, 0.1) is 0 Å². The van der Waals surface area contributed by atoms with Gasteiger partial charge < -0.3 is 44.0 Å². The van der Waals surface area contributed by atoms with Gasteiger partial charge in [-0.3, -0.25) is 19.2 Å². The number of hydrogen-bond acceptors (Lipinski definition) is 12. The Labute approximate surface area is 268 Å². The first-order valence-electron chi connectivity index (χ1n) is 15.9. The molecule has 45 heavy (non-hydrogen) atoms. The van der Waals surface area contributed by atoms with Crippen molar-refractivity contribution in [2.75, 3.05) is 46.8 Å². The van der Waals surface area contributed by atoms with Crippen LogP contribution in [-0.2, 0) is 47.6 Å². The van der Waals surface area contributed by atoms with Crippen LogP contribution in [0.2, 0.25) is 0 Å². The monoisotopic (exact) mass is 647 g/mol. The molecule has 0 aliphatic heterocycles. The molecule has 0 aliphatic carbocycles. The van der Waals surface area contributed by atoms with Crippen LogP contribution in [0.1, 0.15) is 98.3 Å². The predicted molar refractivity (Wildman–Crippen MR) is 166 cm³/mol. The molecule has 0 fully saturated rings. The molecule has 0 unspecified atom stereocenters. The molecule has 0 saturated carbocycles. The first-order chi connectivity index (χ1) is 21.5. The minimum Gasteiger partial charge on any atom is -0.463 e. The molecule has 0 radical (unpaired) electrons. The normalized spacial score (nSPS) is 14.2. The molecule has 0 bridgehead atoms. The Hall–Kier alpha value is -2.58. The summed E-state index contributed by atoms with van der Waals surface area (Å²) >= 11 is 0. The van der Waals surface area contributed by atoms with Crippen molar-refractivity contribution in [2.45, 2.75) is 123 Å². The summed E-state index contributed by atoms with van der Waals surface area (Å²) in [7, 11) is 1.36. The smallest absolute Gasteiger partial charge is 0.307 e. The zero-order chi connectivity index (χ0) is 33.9. The van der Waals surface area contributed by atoms with E-state index >= 15 is 0 Å². The van der Waals surface area contributed by atoms with E-state index in [1.165, 1.54) is 73.0 Å². The van der Waals surface area contributed by atoms with Crippen LogP contribution >= 0.6 is 0 Å². The Balaban J connectivity index is 4.62. The van der Waals surface area contributed by atoms with E-state index in [1.807, 2.05) is 0 Å². The lowest BCUT2D eigenvalue weighted by molar-refractivity contribution is -0.156. The standard InChI is InChI=1S/C32H57NO12/c1-24(35)33-29(30(44-26(3)37)19-31(45-27(4)38)32(40-5)23-43-25(2)36)22-42-18-16-14-12-10-8-6-7-9-11-13-15-17-41-21-28(39)20-34/h19,28-29,31-32,34,39H,6-18,20-23H2,1-5H3,(H,33,35)/t28-,29+,31-,32-/m1/s1. The zero-order valence-electron chi connectivity index (χ0n) is 27.9. The fourth-order valence-corrected chi connectivity index (χ4v) is 4.37. The molecule has 13 heteroatoms. The number of amides is 1. The van der Waals surface area contributed by atoms with E-state index in [-0.39, 0.29) is 38.1 Å². The van der Waals surface area contributed by atoms with E-state index in [1.54, 1.807) is 0 Å². The molecule has 0 heterocycles. The molecule has 0 saturated heterocycles. The van der Waals surface area contributed by atoms with Crippen molar-refractivity contribution >= 4 is 23.8 Å². The van der Waals surface area contributed by atoms with Crippen LogP contribution in [-0.4, -0.2) is 105 Å². The van der Waals surface area contributed by atoms with Crippen molar-refractivity contribution in [3.8, 4) is 0 Å². The van der Waals surface area contributed by atoms with Crippen LogP contribution in [0.15, 0.2) is 11.8 Å². The molecule has 1 amide bonds. The first-order valence-corrected chi connectivity index (χ1v) is 15.9. The number of carbonyl (C=O) groups is 4. The fourth-order valence-electron chi connectivity index (χ4n) is 4.37. The van der Waals surface area contributed by atoms with Crippen LogP contribution in [0.4, 0.5) is 0 Å². The third kappa shape index (κ3) is 25.3. The maximum Gasteiger partial charge on any atom is 0.307 e. The summed E-state index contributed by atoms with van der Waals surface area (Å²) < 4.78 is 32.2. The average Bonchev–Trinajstić information content (AvgIpc) is 2.96. The summed E-state index contributed by atoms with van der Waals surface area (Å²) in [6, 6.07) is -0.845. The lowest BCUT2D eigenvalue weighted by atomic mass is 10.1. The Morgan fingerprint density at radius 2 is 1.22 bits per heavy atom. The van der Waals surface area contributed by atoms with Crippen molar-refractivity contribution in [3.05, 3.63) is 11.8 Å². The van der Waals surface area contributed by atoms with E-state index in [2.05, 4.69) is 5.32 Å². The van der Waals surface area contributed by atoms with Gasteiger partial charge in [-0.15, -0.1) is 0 Å². The van der Waals surface area contributed by atoms with Crippen molar-refractivity contribution < 1.29 is 57.8 Å². The van der Waals surface area contributed by atoms with Gasteiger partial charge in [0.1, 0.15) is 30.6 Å². The van der Waals surface area contributed by atoms with Gasteiger partial charge in [-0.2, -0.15) is 0 Å². The number of methoxy groups -OCH3 is 1. The number of ether oxygens (including phenoxy) is 6. The number of esters is 3. The van der Waals surface area contributed by atoms with E-state index in [0.717, 1.165) is 38.5 Å². The molecule has 0 rings (SSSR count). The number of aliphatic hydroxyl groups excluding tert-OH is 2. The summed E-state index contributed by atoms with van der Waals surface area (Å²) in [5.74, 6) is -2.19. The lowest BCUT2D eigenvalue weighted by Gasteiger charge is -2.26. The highest BCUT2D eigenvalue weighted by molar-refractivity contribution is 5.74. The molecule has 0 aliphatic rings. The Morgan fingerprint density at radius 1 is 0.711 bits per heavy atom. The minimum absolute atomic E-state index is 0.0139. The zero-order valence-corrected chi connectivity index (χ0v) is 27.9. The van der Waals surface area contributed by atoms with Gasteiger partial charge in [0.2, 0.25) is 5.91 Å². The minimum atomic E-state index is -1.09. The molecule has 0 aromatic carbocycles. The van der Waals surface area contributed by atoms with Crippen LogP contribution < -0.4 is 5.32 Å². The van der Waals surface area contributed by atoms with Crippen molar-refractivity contribution in [2.24, 2.45) is 0 Å². The number of unbranched alkanes of at least 4 members (excludes halogenated alkanes) is 10. The fraction of sp³-hybridized carbons (Fsp3) is 0.812. The third-order valence-electron chi connectivity index (χ3n) is 6.62. The molecule has 13 nitrogen and oxygen atoms in total. The van der Waals surface area contributed by atoms with E-state index in [9.17, 15) is 24.3 Å². The van der Waals surface area contributed by atoms with Crippen molar-refractivity contribution in [1.82, 2.24) is 5.32 Å². The summed E-state index contributed by atoms with van der Waals surface area (Å²) in [4.78, 5) is 47.0. The molecular weight excluding hydrogens is 590 g/mol. The Morgan fingerprint density at radius 3 is 1.64 bits per heavy atom. The molecule has 3 N–H and O–H groups in total. The van der Waals surface area contributed by atoms with Crippen LogP contribution in [0.5, 0.6) is 0 Å². The lowest BCUT2D eigenvalue weighted by Crippen LogP contribution is -2.42. The molecule has 0 spiro atoms. The Kier molecular flexibility index (Phi) is 26.1. The Bertz CT molecular complexity index is 850. The maximum absolute atomic E-state index is 12.0. The van der Waals surface area contributed by atoms with Gasteiger partial charge >= 0.3 is 17.9 Å². The second-order valence-electron chi connectivity index (χ2n) is 10.9. The molecule has 262 valence electrons. The second-order valence-corrected chi connectivity index (χ2v) is 10.9. The van der Waals surface area contributed by atoms with Gasteiger partial charge in [0.05, 0.1) is 19.8 Å². The second kappa shape index (κ2) is 27.7. The summed E-state index contributed by atoms with van der Waals surface area (Å²) in [5.41, 5.74) is 0. The van der Waals surface area contributed by atoms with Gasteiger partial charge in [-0.1, -0.05) is 57.8 Å². The highest BCUT2D eigenvalue weighted by atomic mass is 16.6. The number of aliphatic hydroxyl groups is 2. The largest absolute Gasteiger partial charge is 0.463 e. The number of rotatable bonds is 28. The number of hydrogen-bond donors (Lipinski definition) is 3. The van der Waals surface area contributed by atoms with E-state index < -0.39 is 42.3 Å². The SMILES string of the molecule is CO[C@H](COC(C)=O)[C@@H](C=C(OC(C)=O)[C@H](COCCCCCCCCCCCCCOC[C@H](O)CO)NC(C)=O)OC(C)=O. The van der Waals surface area contributed by atoms with Gasteiger partial charge in [0.15, 0.2) is 6.10 Å². The van der Waals surface area contributed by atoms with Crippen molar-refractivity contribution in [1.29, 1.82) is 0 Å². The van der Waals surface area contributed by atoms with Crippen LogP contribution in [0.25, 0.3) is 0 Å². The van der Waals surface area contributed by atoms with Gasteiger partial charge in [-0.25, -0.2) is 0 Å². The first kappa shape index (κ1) is 42.4. The van der Waals surface area contributed by atoms with Gasteiger partial charge in [0, 0.05) is 48.0 Å². The van der Waals surface area contributed by atoms with Crippen LogP contribution in [0.3, 0.4) is 0 Å². The number of nitrogens with one attached hydrogen (secondary N) is 1. The van der Waals surface area contributed by atoms with Gasteiger partial charge in [0.25, 0.3) is 0 Å².